The van der Waals surface area contributed by atoms with Crippen molar-refractivity contribution < 1.29 is 9.53 Å². The number of benzene rings is 1. The van der Waals surface area contributed by atoms with E-state index in [0.717, 1.165) is 36.3 Å². The van der Waals surface area contributed by atoms with Gasteiger partial charge in [-0.3, -0.25) is 4.90 Å². The molecular weight excluding hydrogens is 476 g/mol. The Labute approximate surface area is 217 Å². The normalized spacial score (nSPS) is 20.2. The zero-order valence-corrected chi connectivity index (χ0v) is 21.7. The topological polar surface area (TPSA) is 105 Å². The van der Waals surface area contributed by atoms with Gasteiger partial charge >= 0.3 is 6.09 Å². The van der Waals surface area contributed by atoms with E-state index in [-0.39, 0.29) is 30.2 Å². The Morgan fingerprint density at radius 2 is 2.03 bits per heavy atom. The largest absolute Gasteiger partial charge is 0.444 e. The van der Waals surface area contributed by atoms with Gasteiger partial charge in [-0.25, -0.2) is 9.78 Å². The number of carbonyl (C=O) groups is 1. The standard InChI is InChI=1S/C27H31ClN6O2/c1-27(2,3)36-26(35)34-17-23(31-14-19(34)9-11-29)24-20-10-12-33(15-18-7-5-4-6-8-18)16-22(20)32-25(28)21(24)13-30/h4-8,19,23,31H,9-10,12,14-17H2,1-3H3. The lowest BCUT2D eigenvalue weighted by molar-refractivity contribution is 0.00784. The van der Waals surface area contributed by atoms with Gasteiger partial charge in [-0.15, -0.1) is 0 Å². The quantitative estimate of drug-likeness (QED) is 0.615. The fourth-order valence-corrected chi connectivity index (χ4v) is 5.17. The first-order valence-corrected chi connectivity index (χ1v) is 12.6. The Kier molecular flexibility index (Phi) is 7.80. The Morgan fingerprint density at radius 3 is 2.69 bits per heavy atom. The highest BCUT2D eigenvalue weighted by Gasteiger charge is 2.37. The first-order valence-electron chi connectivity index (χ1n) is 12.2. The van der Waals surface area contributed by atoms with E-state index in [0.29, 0.717) is 18.7 Å². The minimum atomic E-state index is -0.659. The molecule has 0 spiro atoms. The van der Waals surface area contributed by atoms with Gasteiger partial charge < -0.3 is 15.0 Å². The zero-order chi connectivity index (χ0) is 25.9. The predicted molar refractivity (Wildman–Crippen MR) is 136 cm³/mol. The van der Waals surface area contributed by atoms with Crippen LogP contribution in [0.1, 0.15) is 61.2 Å². The second-order valence-electron chi connectivity index (χ2n) is 10.3. The fraction of sp³-hybridized carbons (Fsp3) is 0.481. The van der Waals surface area contributed by atoms with Crippen LogP contribution in [0.15, 0.2) is 30.3 Å². The van der Waals surface area contributed by atoms with Crippen molar-refractivity contribution in [3.05, 3.63) is 63.4 Å². The van der Waals surface area contributed by atoms with Crippen LogP contribution < -0.4 is 5.32 Å². The molecule has 0 radical (unpaired) electrons. The maximum absolute atomic E-state index is 13.1. The number of amides is 1. The van der Waals surface area contributed by atoms with Gasteiger partial charge in [0.2, 0.25) is 0 Å². The van der Waals surface area contributed by atoms with Crippen LogP contribution >= 0.6 is 11.6 Å². The number of nitrogens with one attached hydrogen (secondary N) is 1. The number of fused-ring (bicyclic) bond motifs is 1. The van der Waals surface area contributed by atoms with E-state index in [4.69, 9.17) is 16.3 Å². The number of aromatic nitrogens is 1. The minimum Gasteiger partial charge on any atom is -0.444 e. The lowest BCUT2D eigenvalue weighted by Gasteiger charge is -2.41. The number of hydrogen-bond donors (Lipinski definition) is 1. The first kappa shape index (κ1) is 25.9. The Hall–Kier alpha value is -3.17. The minimum absolute atomic E-state index is 0.178. The third-order valence-electron chi connectivity index (χ3n) is 6.52. The van der Waals surface area contributed by atoms with Crippen LogP contribution in [-0.2, 0) is 24.2 Å². The number of rotatable bonds is 4. The molecule has 2 aliphatic rings. The van der Waals surface area contributed by atoms with Crippen molar-refractivity contribution in [3.8, 4) is 12.1 Å². The van der Waals surface area contributed by atoms with Gasteiger partial charge in [-0.1, -0.05) is 41.9 Å². The molecule has 188 valence electrons. The van der Waals surface area contributed by atoms with Crippen molar-refractivity contribution in [2.24, 2.45) is 0 Å². The average molecular weight is 507 g/mol. The van der Waals surface area contributed by atoms with Crippen LogP contribution in [0.25, 0.3) is 0 Å². The summed E-state index contributed by atoms with van der Waals surface area (Å²) in [6.45, 7) is 8.39. The third kappa shape index (κ3) is 5.79. The number of carbonyl (C=O) groups excluding carboxylic acids is 1. The van der Waals surface area contributed by atoms with Gasteiger partial charge in [-0.2, -0.15) is 10.5 Å². The molecule has 1 aromatic carbocycles. The zero-order valence-electron chi connectivity index (χ0n) is 20.9. The number of piperazine rings is 1. The SMILES string of the molecule is CC(C)(C)OC(=O)N1CC(c2c(C#N)c(Cl)nc3c2CCN(Cc2ccccc2)C3)NCC1CC#N. The monoisotopic (exact) mass is 506 g/mol. The van der Waals surface area contributed by atoms with Gasteiger partial charge in [0.05, 0.1) is 35.8 Å². The molecule has 36 heavy (non-hydrogen) atoms. The molecule has 1 aromatic heterocycles. The van der Waals surface area contributed by atoms with Gasteiger partial charge in [0.1, 0.15) is 16.8 Å². The van der Waals surface area contributed by atoms with E-state index in [1.54, 1.807) is 4.90 Å². The number of hydrogen-bond acceptors (Lipinski definition) is 7. The molecule has 2 aliphatic heterocycles. The molecule has 4 rings (SSSR count). The van der Waals surface area contributed by atoms with Crippen LogP contribution in [-0.4, -0.2) is 52.2 Å². The number of nitrogens with zero attached hydrogens (tertiary/aromatic N) is 5. The molecule has 0 bridgehead atoms. The fourth-order valence-electron chi connectivity index (χ4n) is 4.92. The number of halogens is 1. The molecule has 2 atom stereocenters. The number of nitriles is 2. The van der Waals surface area contributed by atoms with E-state index < -0.39 is 11.7 Å². The van der Waals surface area contributed by atoms with Crippen molar-refractivity contribution in [1.29, 1.82) is 10.5 Å². The summed E-state index contributed by atoms with van der Waals surface area (Å²) in [5, 5.41) is 22.9. The summed E-state index contributed by atoms with van der Waals surface area (Å²) >= 11 is 6.53. The van der Waals surface area contributed by atoms with Crippen molar-refractivity contribution in [3.63, 3.8) is 0 Å². The van der Waals surface area contributed by atoms with Crippen molar-refractivity contribution in [2.45, 2.75) is 64.4 Å². The lowest BCUT2D eigenvalue weighted by Crippen LogP contribution is -2.56. The molecule has 9 heteroatoms. The summed E-state index contributed by atoms with van der Waals surface area (Å²) in [4.78, 5) is 21.6. The lowest BCUT2D eigenvalue weighted by atomic mass is 9.89. The van der Waals surface area contributed by atoms with Crippen LogP contribution in [0.4, 0.5) is 4.79 Å². The maximum atomic E-state index is 13.1. The summed E-state index contributed by atoms with van der Waals surface area (Å²) in [5.74, 6) is 0. The van der Waals surface area contributed by atoms with Gasteiger partial charge in [0.15, 0.2) is 0 Å². The summed E-state index contributed by atoms with van der Waals surface area (Å²) in [6, 6.07) is 14.1. The Bertz CT molecular complexity index is 1200. The van der Waals surface area contributed by atoms with Gasteiger partial charge in [0.25, 0.3) is 0 Å². The molecule has 0 saturated carbocycles. The molecule has 1 amide bonds. The van der Waals surface area contributed by atoms with E-state index in [1.165, 1.54) is 5.56 Å². The molecule has 1 fully saturated rings. The summed E-state index contributed by atoms with van der Waals surface area (Å²) in [7, 11) is 0. The highest BCUT2D eigenvalue weighted by molar-refractivity contribution is 6.30. The van der Waals surface area contributed by atoms with Crippen molar-refractivity contribution >= 4 is 17.7 Å². The highest BCUT2D eigenvalue weighted by atomic mass is 35.5. The van der Waals surface area contributed by atoms with Crippen LogP contribution in [0.3, 0.4) is 0 Å². The first-order chi connectivity index (χ1) is 17.2. The van der Waals surface area contributed by atoms with E-state index in [2.05, 4.69) is 39.5 Å². The smallest absolute Gasteiger partial charge is 0.410 e. The number of ether oxygens (including phenoxy) is 1. The third-order valence-corrected chi connectivity index (χ3v) is 6.79. The maximum Gasteiger partial charge on any atom is 0.410 e. The van der Waals surface area contributed by atoms with Crippen molar-refractivity contribution in [1.82, 2.24) is 20.1 Å². The van der Waals surface area contributed by atoms with Crippen LogP contribution in [0.5, 0.6) is 0 Å². The Morgan fingerprint density at radius 1 is 1.28 bits per heavy atom. The molecule has 1 N–H and O–H groups in total. The highest BCUT2D eigenvalue weighted by Crippen LogP contribution is 2.35. The second kappa shape index (κ2) is 10.8. The van der Waals surface area contributed by atoms with Crippen LogP contribution in [0.2, 0.25) is 5.15 Å². The predicted octanol–water partition coefficient (Wildman–Crippen LogP) is 4.33. The summed E-state index contributed by atoms with van der Waals surface area (Å²) < 4.78 is 5.64. The van der Waals surface area contributed by atoms with E-state index >= 15 is 0 Å². The Balaban J connectivity index is 1.64. The van der Waals surface area contributed by atoms with E-state index in [9.17, 15) is 15.3 Å². The van der Waals surface area contributed by atoms with Gasteiger partial charge in [-0.05, 0) is 43.9 Å². The van der Waals surface area contributed by atoms with Crippen molar-refractivity contribution in [2.75, 3.05) is 19.6 Å². The molecule has 0 aliphatic carbocycles. The second-order valence-corrected chi connectivity index (χ2v) is 10.6. The molecular formula is C27H31ClN6O2. The average Bonchev–Trinajstić information content (AvgIpc) is 2.83. The summed E-state index contributed by atoms with van der Waals surface area (Å²) in [5.41, 5.74) is 3.59. The number of pyridine rings is 1. The van der Waals surface area contributed by atoms with Gasteiger partial charge in [0, 0.05) is 32.7 Å². The molecule has 2 unspecified atom stereocenters. The molecule has 1 saturated heterocycles. The van der Waals surface area contributed by atoms with Crippen LogP contribution in [0, 0.1) is 22.7 Å². The molecule has 2 aromatic rings. The summed E-state index contributed by atoms with van der Waals surface area (Å²) in [6.07, 6.45) is 0.451. The van der Waals surface area contributed by atoms with E-state index in [1.807, 2.05) is 39.0 Å². The molecule has 8 nitrogen and oxygen atoms in total. The molecule has 3 heterocycles.